The molecule has 0 atom stereocenters. The van der Waals surface area contributed by atoms with Gasteiger partial charge in [-0.05, 0) is 12.8 Å². The van der Waals surface area contributed by atoms with E-state index in [4.69, 9.17) is 0 Å². The van der Waals surface area contributed by atoms with Gasteiger partial charge < -0.3 is 10.6 Å². The van der Waals surface area contributed by atoms with E-state index < -0.39 is 0 Å². The molecule has 0 saturated heterocycles. The third-order valence-electron chi connectivity index (χ3n) is 2.93. The van der Waals surface area contributed by atoms with E-state index in [-0.39, 0.29) is 23.6 Å². The minimum atomic E-state index is -0.251. The number of aromatic nitrogens is 2. The van der Waals surface area contributed by atoms with Crippen LogP contribution in [0.1, 0.15) is 49.5 Å². The van der Waals surface area contributed by atoms with Gasteiger partial charge in [-0.15, -0.1) is 5.10 Å². The molecule has 18 heavy (non-hydrogen) atoms. The zero-order chi connectivity index (χ0) is 13.0. The molecule has 1 aromatic rings. The highest BCUT2D eigenvalue weighted by molar-refractivity contribution is 7.10. The van der Waals surface area contributed by atoms with Crippen molar-refractivity contribution in [3.8, 4) is 0 Å². The van der Waals surface area contributed by atoms with Crippen LogP contribution >= 0.6 is 11.5 Å². The van der Waals surface area contributed by atoms with Crippen molar-refractivity contribution in [3.63, 3.8) is 0 Å². The first-order valence-corrected chi connectivity index (χ1v) is 6.85. The van der Waals surface area contributed by atoms with Crippen LogP contribution in [0, 0.1) is 0 Å². The molecular weight excluding hydrogens is 252 g/mol. The molecule has 1 aliphatic rings. The maximum Gasteiger partial charge on any atom is 0.275 e. The van der Waals surface area contributed by atoms with Crippen molar-refractivity contribution in [2.45, 2.75) is 45.1 Å². The molecule has 1 fully saturated rings. The minimum Gasteiger partial charge on any atom is -0.348 e. The van der Waals surface area contributed by atoms with Gasteiger partial charge in [0.1, 0.15) is 5.00 Å². The van der Waals surface area contributed by atoms with Crippen LogP contribution in [0.5, 0.6) is 0 Å². The van der Waals surface area contributed by atoms with Crippen LogP contribution < -0.4 is 10.6 Å². The lowest BCUT2D eigenvalue weighted by atomic mass is 9.95. The highest BCUT2D eigenvalue weighted by Crippen LogP contribution is 2.20. The Kier molecular flexibility index (Phi) is 4.24. The van der Waals surface area contributed by atoms with Gasteiger partial charge in [0.25, 0.3) is 5.91 Å². The van der Waals surface area contributed by atoms with Gasteiger partial charge >= 0.3 is 0 Å². The van der Waals surface area contributed by atoms with Crippen molar-refractivity contribution in [2.75, 3.05) is 5.32 Å². The maximum absolute atomic E-state index is 12.0. The predicted octanol–water partition coefficient (Wildman–Crippen LogP) is 1.56. The molecule has 98 valence electrons. The number of carbonyl (C=O) groups excluding carboxylic acids is 2. The Hall–Kier alpha value is -1.50. The fourth-order valence-electron chi connectivity index (χ4n) is 2.08. The highest BCUT2D eigenvalue weighted by Gasteiger charge is 2.21. The van der Waals surface area contributed by atoms with Gasteiger partial charge in [0.2, 0.25) is 5.91 Å². The van der Waals surface area contributed by atoms with E-state index in [1.807, 2.05) is 0 Å². The fraction of sp³-hybridized carbons (Fsp3) is 0.636. The molecule has 0 spiro atoms. The summed E-state index contributed by atoms with van der Waals surface area (Å²) in [4.78, 5) is 23.0. The average Bonchev–Trinajstić information content (AvgIpc) is 2.77. The first-order valence-electron chi connectivity index (χ1n) is 6.07. The molecule has 1 aliphatic carbocycles. The first-order chi connectivity index (χ1) is 8.66. The second kappa shape index (κ2) is 5.90. The normalized spacial score (nSPS) is 16.3. The molecule has 7 heteroatoms. The summed E-state index contributed by atoms with van der Waals surface area (Å²) in [6.07, 6.45) is 5.57. The Labute approximate surface area is 109 Å². The molecule has 0 radical (unpaired) electrons. The second-order valence-corrected chi connectivity index (χ2v) is 5.19. The monoisotopic (exact) mass is 268 g/mol. The molecule has 0 aliphatic heterocycles. The van der Waals surface area contributed by atoms with E-state index in [0.717, 1.165) is 37.2 Å². The van der Waals surface area contributed by atoms with Crippen LogP contribution in [0.25, 0.3) is 0 Å². The molecule has 1 heterocycles. The SMILES string of the molecule is CC(=O)Nc1snnc1C(=O)NC1CCCCC1. The number of rotatable bonds is 3. The number of hydrogen-bond acceptors (Lipinski definition) is 5. The summed E-state index contributed by atoms with van der Waals surface area (Å²) in [6, 6.07) is 0.220. The Balaban J connectivity index is 1.99. The van der Waals surface area contributed by atoms with Crippen molar-refractivity contribution < 1.29 is 9.59 Å². The van der Waals surface area contributed by atoms with E-state index in [1.54, 1.807) is 0 Å². The van der Waals surface area contributed by atoms with Crippen LogP contribution in [0.2, 0.25) is 0 Å². The summed E-state index contributed by atoms with van der Waals surface area (Å²) in [6.45, 7) is 1.39. The summed E-state index contributed by atoms with van der Waals surface area (Å²) in [5.74, 6) is -0.479. The molecule has 2 rings (SSSR count). The Morgan fingerprint density at radius 3 is 2.67 bits per heavy atom. The van der Waals surface area contributed by atoms with E-state index in [9.17, 15) is 9.59 Å². The van der Waals surface area contributed by atoms with Gasteiger partial charge in [0.15, 0.2) is 5.69 Å². The van der Waals surface area contributed by atoms with Crippen molar-refractivity contribution in [3.05, 3.63) is 5.69 Å². The smallest absolute Gasteiger partial charge is 0.275 e. The molecule has 6 nitrogen and oxygen atoms in total. The highest BCUT2D eigenvalue weighted by atomic mass is 32.1. The lowest BCUT2D eigenvalue weighted by Gasteiger charge is -2.22. The summed E-state index contributed by atoms with van der Waals surface area (Å²) < 4.78 is 3.71. The van der Waals surface area contributed by atoms with Gasteiger partial charge in [-0.3, -0.25) is 9.59 Å². The summed E-state index contributed by atoms with van der Waals surface area (Å²) in [5.41, 5.74) is 0.209. The van der Waals surface area contributed by atoms with Crippen molar-refractivity contribution in [1.82, 2.24) is 14.9 Å². The zero-order valence-corrected chi connectivity index (χ0v) is 11.0. The van der Waals surface area contributed by atoms with Crippen molar-refractivity contribution in [1.29, 1.82) is 0 Å². The van der Waals surface area contributed by atoms with Gasteiger partial charge in [0, 0.05) is 24.5 Å². The summed E-state index contributed by atoms with van der Waals surface area (Å²) in [7, 11) is 0. The number of hydrogen-bond donors (Lipinski definition) is 2. The standard InChI is InChI=1S/C11H16N4O2S/c1-7(16)12-11-9(14-15-18-11)10(17)13-8-5-3-2-4-6-8/h8H,2-6H2,1H3,(H,12,16)(H,13,17). The topological polar surface area (TPSA) is 84.0 Å². The van der Waals surface area contributed by atoms with E-state index >= 15 is 0 Å². The quantitative estimate of drug-likeness (QED) is 0.871. The van der Waals surface area contributed by atoms with Gasteiger partial charge in [-0.1, -0.05) is 23.8 Å². The maximum atomic E-state index is 12.0. The molecule has 2 N–H and O–H groups in total. The summed E-state index contributed by atoms with van der Waals surface area (Å²) in [5, 5.41) is 9.70. The number of amides is 2. The van der Waals surface area contributed by atoms with Crippen LogP contribution in [-0.2, 0) is 4.79 Å². The summed E-state index contributed by atoms with van der Waals surface area (Å²) >= 11 is 1.01. The molecule has 0 bridgehead atoms. The first kappa shape index (κ1) is 12.9. The van der Waals surface area contributed by atoms with Crippen LogP contribution in [-0.4, -0.2) is 27.4 Å². The minimum absolute atomic E-state index is 0.209. The van der Waals surface area contributed by atoms with Crippen LogP contribution in [0.15, 0.2) is 0 Å². The molecule has 1 aromatic heterocycles. The van der Waals surface area contributed by atoms with Gasteiger partial charge in [-0.25, -0.2) is 0 Å². The zero-order valence-electron chi connectivity index (χ0n) is 10.2. The average molecular weight is 268 g/mol. The number of nitrogens with one attached hydrogen (secondary N) is 2. The molecule has 1 saturated carbocycles. The van der Waals surface area contributed by atoms with Crippen molar-refractivity contribution in [2.24, 2.45) is 0 Å². The van der Waals surface area contributed by atoms with Crippen LogP contribution in [0.4, 0.5) is 5.00 Å². The largest absolute Gasteiger partial charge is 0.348 e. The Bertz CT molecular complexity index is 440. The molecule has 0 aromatic carbocycles. The number of nitrogens with zero attached hydrogens (tertiary/aromatic N) is 2. The van der Waals surface area contributed by atoms with Crippen molar-refractivity contribution >= 4 is 28.3 Å². The molecular formula is C11H16N4O2S. The Morgan fingerprint density at radius 2 is 2.00 bits per heavy atom. The number of carbonyl (C=O) groups is 2. The lowest BCUT2D eigenvalue weighted by molar-refractivity contribution is -0.114. The third kappa shape index (κ3) is 3.25. The van der Waals surface area contributed by atoms with E-state index in [2.05, 4.69) is 20.2 Å². The van der Waals surface area contributed by atoms with Gasteiger partial charge in [-0.2, -0.15) is 0 Å². The molecule has 2 amide bonds. The second-order valence-electron chi connectivity index (χ2n) is 4.44. The number of anilines is 1. The van der Waals surface area contributed by atoms with Gasteiger partial charge in [0.05, 0.1) is 0 Å². The van der Waals surface area contributed by atoms with E-state index in [0.29, 0.717) is 5.00 Å². The van der Waals surface area contributed by atoms with E-state index in [1.165, 1.54) is 13.3 Å². The van der Waals surface area contributed by atoms with Crippen LogP contribution in [0.3, 0.4) is 0 Å². The predicted molar refractivity (Wildman–Crippen MR) is 68.6 cm³/mol. The Morgan fingerprint density at radius 1 is 1.28 bits per heavy atom. The molecule has 0 unspecified atom stereocenters. The lowest BCUT2D eigenvalue weighted by Crippen LogP contribution is -2.36. The fourth-order valence-corrected chi connectivity index (χ4v) is 2.70. The third-order valence-corrected chi connectivity index (χ3v) is 3.57.